The van der Waals surface area contributed by atoms with Crippen molar-refractivity contribution in [3.63, 3.8) is 0 Å². The molecule has 0 aliphatic rings. The fourth-order valence-corrected chi connectivity index (χ4v) is 2.81. The van der Waals surface area contributed by atoms with Crippen molar-refractivity contribution in [1.82, 2.24) is 10.3 Å². The molecule has 0 aliphatic heterocycles. The molecule has 2 aromatic rings. The van der Waals surface area contributed by atoms with Crippen molar-refractivity contribution in [2.24, 2.45) is 0 Å². The van der Waals surface area contributed by atoms with Crippen LogP contribution in [0.25, 0.3) is 0 Å². The Labute approximate surface area is 118 Å². The van der Waals surface area contributed by atoms with Crippen LogP contribution in [0.15, 0.2) is 34.2 Å². The first kappa shape index (κ1) is 13.0. The van der Waals surface area contributed by atoms with E-state index in [-0.39, 0.29) is 5.91 Å². The van der Waals surface area contributed by atoms with Crippen molar-refractivity contribution in [2.45, 2.75) is 6.54 Å². The van der Waals surface area contributed by atoms with Crippen LogP contribution < -0.4 is 10.6 Å². The van der Waals surface area contributed by atoms with Gasteiger partial charge in [0.15, 0.2) is 0 Å². The van der Waals surface area contributed by atoms with Gasteiger partial charge in [0.1, 0.15) is 5.69 Å². The fourth-order valence-electron chi connectivity index (χ4n) is 1.41. The molecule has 0 saturated heterocycles. The number of hydrogen-bond acceptors (Lipinski definition) is 4. The van der Waals surface area contributed by atoms with Gasteiger partial charge in [-0.3, -0.25) is 9.78 Å². The van der Waals surface area contributed by atoms with E-state index in [1.807, 2.05) is 17.5 Å². The number of nitrogens with zero attached hydrogens (tertiary/aromatic N) is 1. The van der Waals surface area contributed by atoms with Crippen molar-refractivity contribution in [3.8, 4) is 0 Å². The number of hydrogen-bond donors (Lipinski definition) is 2. The molecule has 1 amide bonds. The lowest BCUT2D eigenvalue weighted by Crippen LogP contribution is -2.23. The lowest BCUT2D eigenvalue weighted by Gasteiger charge is -2.04. The molecule has 2 aromatic heterocycles. The lowest BCUT2D eigenvalue weighted by molar-refractivity contribution is 0.0946. The Bertz CT molecular complexity index is 556. The molecule has 94 valence electrons. The van der Waals surface area contributed by atoms with Crippen molar-refractivity contribution in [1.29, 1.82) is 0 Å². The molecule has 0 saturated carbocycles. The summed E-state index contributed by atoms with van der Waals surface area (Å²) in [5.41, 5.74) is 1.28. The predicted octanol–water partition coefficient (Wildman–Crippen LogP) is 2.88. The number of carbonyl (C=O) groups excluding carboxylic acids is 1. The monoisotopic (exact) mass is 325 g/mol. The van der Waals surface area contributed by atoms with Gasteiger partial charge >= 0.3 is 0 Å². The first-order valence-corrected chi connectivity index (χ1v) is 7.01. The summed E-state index contributed by atoms with van der Waals surface area (Å²) in [5.74, 6) is -0.170. The highest BCUT2D eigenvalue weighted by atomic mass is 79.9. The molecule has 0 fully saturated rings. The summed E-state index contributed by atoms with van der Waals surface area (Å²) in [4.78, 5) is 17.0. The van der Waals surface area contributed by atoms with Crippen molar-refractivity contribution in [2.75, 3.05) is 12.4 Å². The molecule has 6 heteroatoms. The Morgan fingerprint density at radius 1 is 1.50 bits per heavy atom. The number of rotatable bonds is 4. The summed E-state index contributed by atoms with van der Waals surface area (Å²) < 4.78 is 1.03. The topological polar surface area (TPSA) is 54.0 Å². The van der Waals surface area contributed by atoms with Crippen LogP contribution in [0, 0.1) is 0 Å². The minimum absolute atomic E-state index is 0.170. The summed E-state index contributed by atoms with van der Waals surface area (Å²) in [6.07, 6.45) is 1.61. The summed E-state index contributed by atoms with van der Waals surface area (Å²) in [6, 6.07) is 5.52. The highest BCUT2D eigenvalue weighted by Crippen LogP contribution is 2.19. The van der Waals surface area contributed by atoms with Gasteiger partial charge in [0, 0.05) is 33.7 Å². The van der Waals surface area contributed by atoms with Gasteiger partial charge < -0.3 is 10.6 Å². The third kappa shape index (κ3) is 3.30. The number of pyridine rings is 1. The summed E-state index contributed by atoms with van der Waals surface area (Å²) >= 11 is 4.98. The molecule has 2 heterocycles. The molecular formula is C12H12BrN3OS. The van der Waals surface area contributed by atoms with Crippen molar-refractivity contribution in [3.05, 3.63) is 44.8 Å². The van der Waals surface area contributed by atoms with E-state index >= 15 is 0 Å². The van der Waals surface area contributed by atoms with Crippen LogP contribution in [-0.4, -0.2) is 17.9 Å². The number of nitrogens with one attached hydrogen (secondary N) is 2. The summed E-state index contributed by atoms with van der Waals surface area (Å²) in [6.45, 7) is 0.514. The number of aromatic nitrogens is 1. The Kier molecular flexibility index (Phi) is 4.33. The molecule has 0 bridgehead atoms. The zero-order valence-electron chi connectivity index (χ0n) is 9.74. The fraction of sp³-hybridized carbons (Fsp3) is 0.167. The molecule has 18 heavy (non-hydrogen) atoms. The maximum Gasteiger partial charge on any atom is 0.270 e. The number of anilines is 1. The molecular weight excluding hydrogens is 314 g/mol. The summed E-state index contributed by atoms with van der Waals surface area (Å²) in [5, 5.41) is 7.80. The molecule has 0 aromatic carbocycles. The quantitative estimate of drug-likeness (QED) is 0.908. The zero-order chi connectivity index (χ0) is 13.0. The van der Waals surface area contributed by atoms with Gasteiger partial charge in [0.25, 0.3) is 5.91 Å². The summed E-state index contributed by atoms with van der Waals surface area (Å²) in [7, 11) is 1.81. The van der Waals surface area contributed by atoms with Crippen LogP contribution >= 0.6 is 27.3 Å². The van der Waals surface area contributed by atoms with Crippen LogP contribution in [0.3, 0.4) is 0 Å². The molecule has 0 unspecified atom stereocenters. The van der Waals surface area contributed by atoms with E-state index in [4.69, 9.17) is 0 Å². The number of carbonyl (C=O) groups is 1. The second-order valence-electron chi connectivity index (χ2n) is 3.59. The van der Waals surface area contributed by atoms with Crippen LogP contribution in [0.1, 0.15) is 15.4 Å². The van der Waals surface area contributed by atoms with Crippen LogP contribution in [0.2, 0.25) is 0 Å². The van der Waals surface area contributed by atoms with E-state index in [2.05, 4.69) is 31.5 Å². The number of thiophene rings is 1. The smallest absolute Gasteiger partial charge is 0.270 e. The molecule has 4 nitrogen and oxygen atoms in total. The van der Waals surface area contributed by atoms with Crippen LogP contribution in [0.4, 0.5) is 5.69 Å². The van der Waals surface area contributed by atoms with Gasteiger partial charge in [-0.25, -0.2) is 0 Å². The molecule has 2 N–H and O–H groups in total. The Morgan fingerprint density at radius 2 is 2.33 bits per heavy atom. The Balaban J connectivity index is 1.99. The highest BCUT2D eigenvalue weighted by Gasteiger charge is 2.08. The minimum atomic E-state index is -0.170. The first-order chi connectivity index (χ1) is 8.69. The molecule has 0 radical (unpaired) electrons. The minimum Gasteiger partial charge on any atom is -0.388 e. The first-order valence-electron chi connectivity index (χ1n) is 5.34. The van der Waals surface area contributed by atoms with E-state index in [9.17, 15) is 4.79 Å². The molecule has 0 atom stereocenters. The highest BCUT2D eigenvalue weighted by molar-refractivity contribution is 9.10. The van der Waals surface area contributed by atoms with Crippen molar-refractivity contribution >= 4 is 38.9 Å². The lowest BCUT2D eigenvalue weighted by atomic mass is 10.3. The predicted molar refractivity (Wildman–Crippen MR) is 77.0 cm³/mol. The van der Waals surface area contributed by atoms with E-state index in [1.54, 1.807) is 30.6 Å². The molecule has 0 spiro atoms. The maximum atomic E-state index is 11.9. The standard InChI is InChI=1S/C12H12BrN3OS/c1-14-9-2-3-15-11(5-9)12(17)16-6-10-4-8(13)7-18-10/h2-5,7H,6H2,1H3,(H,14,15)(H,16,17). The normalized spacial score (nSPS) is 10.1. The second-order valence-corrected chi connectivity index (χ2v) is 5.51. The third-order valence-corrected chi connectivity index (χ3v) is 4.02. The average Bonchev–Trinajstić information content (AvgIpc) is 2.82. The van der Waals surface area contributed by atoms with Crippen LogP contribution in [0.5, 0.6) is 0 Å². The zero-order valence-corrected chi connectivity index (χ0v) is 12.1. The van der Waals surface area contributed by atoms with E-state index in [1.165, 1.54) is 0 Å². The van der Waals surface area contributed by atoms with Crippen LogP contribution in [-0.2, 0) is 6.54 Å². The van der Waals surface area contributed by atoms with Gasteiger partial charge in [0.2, 0.25) is 0 Å². The van der Waals surface area contributed by atoms with Gasteiger partial charge in [-0.1, -0.05) is 0 Å². The van der Waals surface area contributed by atoms with E-state index in [0.717, 1.165) is 15.0 Å². The Hall–Kier alpha value is -1.40. The van der Waals surface area contributed by atoms with Gasteiger partial charge in [-0.05, 0) is 34.1 Å². The Morgan fingerprint density at radius 3 is 3.00 bits per heavy atom. The van der Waals surface area contributed by atoms with E-state index < -0.39 is 0 Å². The SMILES string of the molecule is CNc1ccnc(C(=O)NCc2cc(Br)cs2)c1. The second kappa shape index (κ2) is 5.97. The maximum absolute atomic E-state index is 11.9. The number of amides is 1. The largest absolute Gasteiger partial charge is 0.388 e. The van der Waals surface area contributed by atoms with Gasteiger partial charge in [-0.2, -0.15) is 0 Å². The third-order valence-electron chi connectivity index (χ3n) is 2.33. The average molecular weight is 326 g/mol. The van der Waals surface area contributed by atoms with Gasteiger partial charge in [0.05, 0.1) is 6.54 Å². The molecule has 2 rings (SSSR count). The number of halogens is 1. The van der Waals surface area contributed by atoms with Gasteiger partial charge in [-0.15, -0.1) is 11.3 Å². The van der Waals surface area contributed by atoms with Crippen molar-refractivity contribution < 1.29 is 4.79 Å². The van der Waals surface area contributed by atoms with E-state index in [0.29, 0.717) is 12.2 Å². The molecule has 0 aliphatic carbocycles.